The number of hydrogen-bond acceptors (Lipinski definition) is 5. The van der Waals surface area contributed by atoms with E-state index in [1.807, 2.05) is 6.92 Å². The number of aromatic nitrogens is 2. The molecular formula is C18H18F4N2O3. The van der Waals surface area contributed by atoms with E-state index in [1.165, 1.54) is 37.8 Å². The molecule has 0 fully saturated rings. The minimum atomic E-state index is -4.61. The van der Waals surface area contributed by atoms with Crippen LogP contribution in [0.4, 0.5) is 17.6 Å². The van der Waals surface area contributed by atoms with Crippen LogP contribution in [0.15, 0.2) is 43.0 Å². The molecule has 1 aromatic heterocycles. The molecule has 0 spiro atoms. The first-order valence-electron chi connectivity index (χ1n) is 8.12. The molecule has 0 bridgehead atoms. The van der Waals surface area contributed by atoms with Gasteiger partial charge in [-0.15, -0.1) is 0 Å². The van der Waals surface area contributed by atoms with E-state index in [1.54, 1.807) is 0 Å². The molecule has 0 radical (unpaired) electrons. The van der Waals surface area contributed by atoms with Crippen LogP contribution in [0, 0.1) is 0 Å². The number of carbonyl (C=O) groups excluding carboxylic acids is 1. The zero-order valence-corrected chi connectivity index (χ0v) is 14.7. The van der Waals surface area contributed by atoms with Gasteiger partial charge in [0.05, 0.1) is 0 Å². The maximum absolute atomic E-state index is 13.1. The molecule has 0 N–H and O–H groups in total. The molecule has 5 nitrogen and oxygen atoms in total. The van der Waals surface area contributed by atoms with Gasteiger partial charge in [-0.1, -0.05) is 25.5 Å². The molecule has 0 aliphatic heterocycles. The summed E-state index contributed by atoms with van der Waals surface area (Å²) < 4.78 is 60.4. The summed E-state index contributed by atoms with van der Waals surface area (Å²) in [6.45, 7) is 3.12. The number of carbonyl (C=O) groups is 1. The van der Waals surface area contributed by atoms with Gasteiger partial charge in [-0.05, 0) is 18.6 Å². The normalized spacial score (nSPS) is 13.9. The molecule has 0 saturated heterocycles. The fourth-order valence-electron chi connectivity index (χ4n) is 2.72. The lowest BCUT2D eigenvalue weighted by Crippen LogP contribution is -2.34. The van der Waals surface area contributed by atoms with E-state index in [-0.39, 0.29) is 0 Å². The summed E-state index contributed by atoms with van der Waals surface area (Å²) in [6.07, 6.45) is -3.29. The van der Waals surface area contributed by atoms with Gasteiger partial charge in [-0.3, -0.25) is 4.79 Å². The topological polar surface area (TPSA) is 61.3 Å². The first-order chi connectivity index (χ1) is 12.7. The average molecular weight is 386 g/mol. The van der Waals surface area contributed by atoms with E-state index in [2.05, 4.69) is 14.7 Å². The van der Waals surface area contributed by atoms with Crippen LogP contribution in [0.2, 0.25) is 0 Å². The van der Waals surface area contributed by atoms with E-state index >= 15 is 0 Å². The Bertz CT molecular complexity index is 757. The Morgan fingerprint density at radius 3 is 2.19 bits per heavy atom. The fraction of sp³-hybridized carbons (Fsp3) is 0.389. The number of benzene rings is 1. The lowest BCUT2D eigenvalue weighted by atomic mass is 9.83. The predicted molar refractivity (Wildman–Crippen MR) is 87.5 cm³/mol. The van der Waals surface area contributed by atoms with E-state index in [9.17, 15) is 22.4 Å². The van der Waals surface area contributed by atoms with E-state index < -0.39 is 29.9 Å². The molecular weight excluding hydrogens is 368 g/mol. The summed E-state index contributed by atoms with van der Waals surface area (Å²) in [4.78, 5) is 19.6. The van der Waals surface area contributed by atoms with Crippen molar-refractivity contribution in [3.05, 3.63) is 54.1 Å². The van der Waals surface area contributed by atoms with Crippen LogP contribution in [0.25, 0.3) is 0 Å². The Balaban J connectivity index is 2.45. The number of halogens is 4. The molecule has 1 aromatic carbocycles. The second kappa shape index (κ2) is 8.32. The van der Waals surface area contributed by atoms with Crippen LogP contribution >= 0.6 is 0 Å². The monoisotopic (exact) mass is 386 g/mol. The van der Waals surface area contributed by atoms with Crippen molar-refractivity contribution >= 4 is 5.97 Å². The summed E-state index contributed by atoms with van der Waals surface area (Å²) in [6, 6.07) is 4.98. The van der Waals surface area contributed by atoms with Crippen LogP contribution in [0.1, 0.15) is 37.8 Å². The average Bonchev–Trinajstić information content (AvgIpc) is 2.62. The Labute approximate surface area is 153 Å². The van der Waals surface area contributed by atoms with Crippen LogP contribution in [0.3, 0.4) is 0 Å². The smallest absolute Gasteiger partial charge is 0.449 e. The molecule has 0 aliphatic carbocycles. The van der Waals surface area contributed by atoms with Gasteiger partial charge in [0.25, 0.3) is 0 Å². The highest BCUT2D eigenvalue weighted by atomic mass is 19.3. The van der Waals surface area contributed by atoms with E-state index in [0.29, 0.717) is 24.0 Å². The molecule has 146 valence electrons. The van der Waals surface area contributed by atoms with Gasteiger partial charge in [-0.25, -0.2) is 9.97 Å². The molecule has 1 heterocycles. The largest absolute Gasteiger partial charge is 0.461 e. The molecule has 2 rings (SSSR count). The Morgan fingerprint density at radius 1 is 1.11 bits per heavy atom. The molecule has 0 saturated carbocycles. The molecule has 0 amide bonds. The molecule has 9 heteroatoms. The Hall–Kier alpha value is -2.71. The SMILES string of the molecule is CCCC(OC(C)=O)(c1ccc(OC(F)(F)C(F)F)cc1)c1cncnc1. The quantitative estimate of drug-likeness (QED) is 0.500. The molecule has 1 atom stereocenters. The highest BCUT2D eigenvalue weighted by Crippen LogP contribution is 2.39. The Morgan fingerprint density at radius 2 is 1.70 bits per heavy atom. The summed E-state index contributed by atoms with van der Waals surface area (Å²) in [7, 11) is 0. The number of alkyl halides is 4. The minimum absolute atomic E-state index is 0.368. The van der Waals surface area contributed by atoms with Gasteiger partial charge in [0.1, 0.15) is 12.1 Å². The summed E-state index contributed by atoms with van der Waals surface area (Å²) in [5.74, 6) is -1.00. The minimum Gasteiger partial charge on any atom is -0.449 e. The summed E-state index contributed by atoms with van der Waals surface area (Å²) >= 11 is 0. The third-order valence-corrected chi connectivity index (χ3v) is 3.78. The predicted octanol–water partition coefficient (Wildman–Crippen LogP) is 4.32. The number of nitrogens with zero attached hydrogens (tertiary/aromatic N) is 2. The van der Waals surface area contributed by atoms with E-state index in [4.69, 9.17) is 4.74 Å². The van der Waals surface area contributed by atoms with Gasteiger partial charge in [0.2, 0.25) is 0 Å². The van der Waals surface area contributed by atoms with Crippen molar-refractivity contribution in [3.8, 4) is 5.75 Å². The summed E-state index contributed by atoms with van der Waals surface area (Å²) in [5.41, 5.74) is -0.304. The first kappa shape index (κ1) is 20.6. The second-order valence-electron chi connectivity index (χ2n) is 5.79. The number of esters is 1. The van der Waals surface area contributed by atoms with Crippen molar-refractivity contribution in [2.24, 2.45) is 0 Å². The van der Waals surface area contributed by atoms with Crippen molar-refractivity contribution < 1.29 is 31.8 Å². The van der Waals surface area contributed by atoms with Crippen molar-refractivity contribution in [1.29, 1.82) is 0 Å². The standard InChI is InChI=1S/C18H18F4N2O3/c1-3-8-17(26-12(2)25,14-9-23-11-24-10-14)13-4-6-15(7-5-13)27-18(21,22)16(19)20/h4-7,9-11,16H,3,8H2,1-2H3. The maximum Gasteiger partial charge on any atom is 0.461 e. The molecule has 27 heavy (non-hydrogen) atoms. The molecule has 2 aromatic rings. The highest BCUT2D eigenvalue weighted by molar-refractivity contribution is 5.67. The van der Waals surface area contributed by atoms with Crippen molar-refractivity contribution in [2.75, 3.05) is 0 Å². The number of ether oxygens (including phenoxy) is 2. The van der Waals surface area contributed by atoms with Crippen LogP contribution in [-0.2, 0) is 15.1 Å². The fourth-order valence-corrected chi connectivity index (χ4v) is 2.72. The lowest BCUT2D eigenvalue weighted by Gasteiger charge is -2.33. The maximum atomic E-state index is 13.1. The number of rotatable bonds is 8. The third-order valence-electron chi connectivity index (χ3n) is 3.78. The Kier molecular flexibility index (Phi) is 6.35. The lowest BCUT2D eigenvalue weighted by molar-refractivity contribution is -0.253. The summed E-state index contributed by atoms with van der Waals surface area (Å²) in [5, 5.41) is 0. The second-order valence-corrected chi connectivity index (χ2v) is 5.79. The zero-order valence-electron chi connectivity index (χ0n) is 14.7. The van der Waals surface area contributed by atoms with Gasteiger partial charge in [0, 0.05) is 30.4 Å². The third kappa shape index (κ3) is 4.72. The van der Waals surface area contributed by atoms with Gasteiger partial charge in [0.15, 0.2) is 5.60 Å². The van der Waals surface area contributed by atoms with Gasteiger partial charge >= 0.3 is 18.5 Å². The van der Waals surface area contributed by atoms with E-state index in [0.717, 1.165) is 12.1 Å². The molecule has 1 unspecified atom stereocenters. The van der Waals surface area contributed by atoms with Gasteiger partial charge in [-0.2, -0.15) is 17.6 Å². The van der Waals surface area contributed by atoms with Crippen molar-refractivity contribution in [1.82, 2.24) is 9.97 Å². The van der Waals surface area contributed by atoms with Crippen LogP contribution < -0.4 is 4.74 Å². The van der Waals surface area contributed by atoms with Crippen molar-refractivity contribution in [2.45, 2.75) is 44.8 Å². The van der Waals surface area contributed by atoms with Crippen LogP contribution in [-0.4, -0.2) is 28.5 Å². The van der Waals surface area contributed by atoms with Crippen molar-refractivity contribution in [3.63, 3.8) is 0 Å². The highest BCUT2D eigenvalue weighted by Gasteiger charge is 2.44. The zero-order chi connectivity index (χ0) is 20.1. The number of hydrogen-bond donors (Lipinski definition) is 0. The first-order valence-corrected chi connectivity index (χ1v) is 8.12. The van der Waals surface area contributed by atoms with Gasteiger partial charge < -0.3 is 9.47 Å². The molecule has 0 aliphatic rings. The van der Waals surface area contributed by atoms with Crippen LogP contribution in [0.5, 0.6) is 5.75 Å².